The van der Waals surface area contributed by atoms with E-state index < -0.39 is 31.0 Å². The van der Waals surface area contributed by atoms with Crippen molar-refractivity contribution >= 4 is 5.91 Å². The van der Waals surface area contributed by atoms with Gasteiger partial charge in [0.1, 0.15) is 12.2 Å². The predicted molar refractivity (Wildman–Crippen MR) is 131 cm³/mol. The van der Waals surface area contributed by atoms with Gasteiger partial charge in [-0.15, -0.1) is 0 Å². The Morgan fingerprint density at radius 1 is 0.750 bits per heavy atom. The molecule has 0 saturated heterocycles. The number of carbonyl (C=O) groups excluding carboxylic acids is 1. The first-order valence-corrected chi connectivity index (χ1v) is 13.1. The Morgan fingerprint density at radius 2 is 1.28 bits per heavy atom. The number of unbranched alkanes of at least 4 members (excludes halogenated alkanes) is 11. The monoisotopic (exact) mass is 457 g/mol. The number of carbonyl (C=O) groups is 1. The maximum Gasteiger partial charge on any atom is 0.220 e. The first-order chi connectivity index (χ1) is 15.5. The van der Waals surface area contributed by atoms with Crippen molar-refractivity contribution in [2.75, 3.05) is 6.61 Å². The molecule has 32 heavy (non-hydrogen) atoms. The van der Waals surface area contributed by atoms with Gasteiger partial charge in [0.25, 0.3) is 0 Å². The zero-order valence-corrected chi connectivity index (χ0v) is 20.7. The third kappa shape index (κ3) is 16.7. The van der Waals surface area contributed by atoms with Crippen LogP contribution in [-0.4, -0.2) is 57.3 Å². The Bertz CT molecular complexity index is 457. The second kappa shape index (κ2) is 21.9. The van der Waals surface area contributed by atoms with Crippen LogP contribution in [0.2, 0.25) is 0 Å². The molecule has 0 saturated carbocycles. The maximum atomic E-state index is 12.1. The van der Waals surface area contributed by atoms with Gasteiger partial charge in [0.2, 0.25) is 5.91 Å². The van der Waals surface area contributed by atoms with Gasteiger partial charge in [0, 0.05) is 6.42 Å². The molecule has 6 heteroatoms. The van der Waals surface area contributed by atoms with E-state index in [-0.39, 0.29) is 12.3 Å². The van der Waals surface area contributed by atoms with Gasteiger partial charge in [-0.3, -0.25) is 4.79 Å². The van der Waals surface area contributed by atoms with Gasteiger partial charge in [-0.25, -0.2) is 0 Å². The van der Waals surface area contributed by atoms with Crippen LogP contribution in [-0.2, 0) is 4.79 Å². The number of nitrogens with one attached hydrogen (secondary N) is 1. The summed E-state index contributed by atoms with van der Waals surface area (Å²) >= 11 is 0. The second-order valence-electron chi connectivity index (χ2n) is 9.03. The molecule has 0 fully saturated rings. The SMILES string of the molecule is CCCCC/C=C/CCC(=O)N[C@@H](CO)[C@@H](O)[C@@H](O)[C@@H](O)CCCCCCCCCCC. The quantitative estimate of drug-likeness (QED) is 0.122. The zero-order chi connectivity index (χ0) is 24.0. The van der Waals surface area contributed by atoms with Crippen molar-refractivity contribution in [1.29, 1.82) is 0 Å². The Labute approximate surface area is 196 Å². The smallest absolute Gasteiger partial charge is 0.220 e. The first kappa shape index (κ1) is 31.0. The van der Waals surface area contributed by atoms with Gasteiger partial charge in [-0.2, -0.15) is 0 Å². The number of allylic oxidation sites excluding steroid dienone is 2. The largest absolute Gasteiger partial charge is 0.394 e. The number of rotatable bonds is 22. The molecular weight excluding hydrogens is 406 g/mol. The van der Waals surface area contributed by atoms with Crippen LogP contribution in [0.5, 0.6) is 0 Å². The van der Waals surface area contributed by atoms with Crippen LogP contribution in [0.4, 0.5) is 0 Å². The molecule has 190 valence electrons. The lowest BCUT2D eigenvalue weighted by Crippen LogP contribution is -2.53. The highest BCUT2D eigenvalue weighted by Crippen LogP contribution is 2.15. The summed E-state index contributed by atoms with van der Waals surface area (Å²) in [5.74, 6) is -0.290. The standard InChI is InChI=1S/C26H51NO5/c1-3-5-7-9-11-12-14-15-17-19-23(29)26(32)25(31)22(21-28)27-24(30)20-18-16-13-10-8-6-4-2/h13,16,22-23,25-26,28-29,31-32H,3-12,14-15,17-21H2,1-2H3,(H,27,30)/b16-13+/t22-,23-,25+,26-/m0/s1. The van der Waals surface area contributed by atoms with Crippen molar-refractivity contribution in [1.82, 2.24) is 5.32 Å². The predicted octanol–water partition coefficient (Wildman–Crippen LogP) is 4.38. The number of aliphatic hydroxyl groups is 4. The summed E-state index contributed by atoms with van der Waals surface area (Å²) in [5.41, 5.74) is 0. The average molecular weight is 458 g/mol. The van der Waals surface area contributed by atoms with Gasteiger partial charge in [0.05, 0.1) is 18.8 Å². The lowest BCUT2D eigenvalue weighted by Gasteiger charge is -2.29. The van der Waals surface area contributed by atoms with Crippen LogP contribution in [0.3, 0.4) is 0 Å². The van der Waals surface area contributed by atoms with Crippen molar-refractivity contribution in [3.05, 3.63) is 12.2 Å². The number of amides is 1. The normalized spacial score (nSPS) is 15.6. The molecule has 1 amide bonds. The van der Waals surface area contributed by atoms with Crippen LogP contribution in [0.1, 0.15) is 117 Å². The summed E-state index contributed by atoms with van der Waals surface area (Å²) < 4.78 is 0. The van der Waals surface area contributed by atoms with E-state index in [9.17, 15) is 25.2 Å². The Hall–Kier alpha value is -0.950. The highest BCUT2D eigenvalue weighted by molar-refractivity contribution is 5.76. The topological polar surface area (TPSA) is 110 Å². The fourth-order valence-corrected chi connectivity index (χ4v) is 3.78. The fourth-order valence-electron chi connectivity index (χ4n) is 3.78. The van der Waals surface area contributed by atoms with Crippen LogP contribution in [0.25, 0.3) is 0 Å². The molecular formula is C26H51NO5. The minimum atomic E-state index is -1.41. The summed E-state index contributed by atoms with van der Waals surface area (Å²) in [5, 5.41) is 42.9. The number of hydrogen-bond acceptors (Lipinski definition) is 5. The Kier molecular flexibility index (Phi) is 21.2. The molecule has 0 rings (SSSR count). The molecule has 0 unspecified atom stereocenters. The molecule has 6 nitrogen and oxygen atoms in total. The molecule has 0 bridgehead atoms. The summed E-state index contributed by atoms with van der Waals surface area (Å²) in [6.07, 6.45) is 16.4. The van der Waals surface area contributed by atoms with Gasteiger partial charge in [-0.1, -0.05) is 96.6 Å². The molecule has 4 atom stereocenters. The number of aliphatic hydroxyl groups excluding tert-OH is 4. The molecule has 0 aliphatic rings. The second-order valence-corrected chi connectivity index (χ2v) is 9.03. The van der Waals surface area contributed by atoms with Crippen molar-refractivity contribution in [3.8, 4) is 0 Å². The minimum absolute atomic E-state index is 0.255. The van der Waals surface area contributed by atoms with Gasteiger partial charge in [-0.05, 0) is 25.7 Å². The van der Waals surface area contributed by atoms with Crippen molar-refractivity contribution in [2.24, 2.45) is 0 Å². The Balaban J connectivity index is 4.07. The summed E-state index contributed by atoms with van der Waals surface area (Å²) in [6.45, 7) is 3.87. The van der Waals surface area contributed by atoms with Gasteiger partial charge < -0.3 is 25.7 Å². The highest BCUT2D eigenvalue weighted by atomic mass is 16.4. The molecule has 0 aromatic heterocycles. The summed E-state index contributed by atoms with van der Waals surface area (Å²) in [6, 6.07) is -0.996. The van der Waals surface area contributed by atoms with Crippen LogP contribution in [0, 0.1) is 0 Å². The van der Waals surface area contributed by atoms with Crippen molar-refractivity contribution < 1.29 is 25.2 Å². The van der Waals surface area contributed by atoms with E-state index >= 15 is 0 Å². The third-order valence-electron chi connectivity index (χ3n) is 5.98. The summed E-state index contributed by atoms with van der Waals surface area (Å²) in [4.78, 5) is 12.1. The molecule has 0 aliphatic carbocycles. The third-order valence-corrected chi connectivity index (χ3v) is 5.98. The van der Waals surface area contributed by atoms with E-state index in [1.54, 1.807) is 0 Å². The van der Waals surface area contributed by atoms with E-state index in [2.05, 4.69) is 25.2 Å². The summed E-state index contributed by atoms with van der Waals surface area (Å²) in [7, 11) is 0. The first-order valence-electron chi connectivity index (χ1n) is 13.1. The van der Waals surface area contributed by atoms with E-state index in [1.165, 1.54) is 51.4 Å². The van der Waals surface area contributed by atoms with E-state index in [4.69, 9.17) is 0 Å². The zero-order valence-electron chi connectivity index (χ0n) is 20.7. The Morgan fingerprint density at radius 3 is 1.88 bits per heavy atom. The number of hydrogen-bond donors (Lipinski definition) is 5. The van der Waals surface area contributed by atoms with Gasteiger partial charge >= 0.3 is 0 Å². The van der Waals surface area contributed by atoms with E-state index in [0.29, 0.717) is 12.8 Å². The fraction of sp³-hybridized carbons (Fsp3) is 0.885. The highest BCUT2D eigenvalue weighted by Gasteiger charge is 2.31. The molecule has 0 aromatic carbocycles. The molecule has 5 N–H and O–H groups in total. The van der Waals surface area contributed by atoms with E-state index in [1.807, 2.05) is 6.08 Å². The lowest BCUT2D eigenvalue weighted by atomic mass is 9.97. The van der Waals surface area contributed by atoms with Crippen molar-refractivity contribution in [2.45, 2.75) is 141 Å². The van der Waals surface area contributed by atoms with Gasteiger partial charge in [0.15, 0.2) is 0 Å². The van der Waals surface area contributed by atoms with Crippen molar-refractivity contribution in [3.63, 3.8) is 0 Å². The van der Waals surface area contributed by atoms with Crippen LogP contribution in [0.15, 0.2) is 12.2 Å². The van der Waals surface area contributed by atoms with Crippen LogP contribution >= 0.6 is 0 Å². The molecule has 0 spiro atoms. The molecule has 0 radical (unpaired) electrons. The lowest BCUT2D eigenvalue weighted by molar-refractivity contribution is -0.126. The molecule has 0 aliphatic heterocycles. The molecule has 0 heterocycles. The van der Waals surface area contributed by atoms with E-state index in [0.717, 1.165) is 32.1 Å². The maximum absolute atomic E-state index is 12.1. The minimum Gasteiger partial charge on any atom is -0.394 e. The average Bonchev–Trinajstić information content (AvgIpc) is 2.79. The van der Waals surface area contributed by atoms with Crippen LogP contribution < -0.4 is 5.32 Å². The molecule has 0 aromatic rings.